The SMILES string of the molecule is CCN(CCC(=O)O)C(=O)CC(O)(c1nc2ccccc2s1)C(F)(F)F. The van der Waals surface area contributed by atoms with Crippen molar-refractivity contribution in [2.75, 3.05) is 13.1 Å². The van der Waals surface area contributed by atoms with Gasteiger partial charge in [0.25, 0.3) is 0 Å². The number of fused-ring (bicyclic) bond motifs is 1. The minimum Gasteiger partial charge on any atom is -0.481 e. The first-order chi connectivity index (χ1) is 12.1. The second kappa shape index (κ2) is 7.58. The molecule has 142 valence electrons. The minimum absolute atomic E-state index is 0.0277. The summed E-state index contributed by atoms with van der Waals surface area (Å²) < 4.78 is 41.3. The van der Waals surface area contributed by atoms with E-state index >= 15 is 0 Å². The van der Waals surface area contributed by atoms with Gasteiger partial charge < -0.3 is 15.1 Å². The average Bonchev–Trinajstić information content (AvgIpc) is 2.98. The second-order valence-electron chi connectivity index (χ2n) is 5.64. The maximum atomic E-state index is 13.6. The van der Waals surface area contributed by atoms with Gasteiger partial charge in [0.15, 0.2) is 0 Å². The van der Waals surface area contributed by atoms with Crippen LogP contribution in [-0.2, 0) is 15.2 Å². The van der Waals surface area contributed by atoms with Crippen LogP contribution >= 0.6 is 11.3 Å². The highest BCUT2D eigenvalue weighted by Crippen LogP contribution is 2.44. The molecule has 0 aliphatic rings. The molecule has 0 radical (unpaired) electrons. The molecule has 1 unspecified atom stereocenters. The van der Waals surface area contributed by atoms with E-state index in [1.807, 2.05) is 0 Å². The van der Waals surface area contributed by atoms with Gasteiger partial charge in [0.05, 0.1) is 23.1 Å². The maximum Gasteiger partial charge on any atom is 0.424 e. The van der Waals surface area contributed by atoms with Crippen LogP contribution < -0.4 is 0 Å². The topological polar surface area (TPSA) is 90.7 Å². The quantitative estimate of drug-likeness (QED) is 0.759. The smallest absolute Gasteiger partial charge is 0.424 e. The van der Waals surface area contributed by atoms with Gasteiger partial charge in [-0.1, -0.05) is 12.1 Å². The molecule has 26 heavy (non-hydrogen) atoms. The number of rotatable bonds is 7. The molecular weight excluding hydrogens is 373 g/mol. The molecule has 1 aromatic heterocycles. The van der Waals surface area contributed by atoms with Crippen molar-refractivity contribution < 1.29 is 33.0 Å². The van der Waals surface area contributed by atoms with Crippen molar-refractivity contribution in [3.63, 3.8) is 0 Å². The molecule has 0 aliphatic heterocycles. The highest BCUT2D eigenvalue weighted by molar-refractivity contribution is 7.18. The number of hydrogen-bond acceptors (Lipinski definition) is 5. The van der Waals surface area contributed by atoms with Gasteiger partial charge in [-0.25, -0.2) is 4.98 Å². The Morgan fingerprint density at radius 1 is 1.27 bits per heavy atom. The van der Waals surface area contributed by atoms with E-state index in [2.05, 4.69) is 4.98 Å². The van der Waals surface area contributed by atoms with Gasteiger partial charge in [0, 0.05) is 13.1 Å². The Bertz CT molecular complexity index is 775. The zero-order chi connectivity index (χ0) is 19.5. The molecule has 1 atom stereocenters. The van der Waals surface area contributed by atoms with Crippen molar-refractivity contribution in [1.29, 1.82) is 0 Å². The number of alkyl halides is 3. The highest BCUT2D eigenvalue weighted by Gasteiger charge is 2.58. The first-order valence-corrected chi connectivity index (χ1v) is 8.55. The molecule has 0 fully saturated rings. The number of nitrogens with zero attached hydrogens (tertiary/aromatic N) is 2. The van der Waals surface area contributed by atoms with E-state index in [-0.39, 0.29) is 13.1 Å². The van der Waals surface area contributed by atoms with E-state index in [0.717, 1.165) is 4.90 Å². The molecule has 0 aliphatic carbocycles. The summed E-state index contributed by atoms with van der Waals surface area (Å²) in [4.78, 5) is 27.7. The molecule has 10 heteroatoms. The summed E-state index contributed by atoms with van der Waals surface area (Å²) in [6.07, 6.45) is -6.78. The van der Waals surface area contributed by atoms with Crippen molar-refractivity contribution in [3.05, 3.63) is 29.3 Å². The van der Waals surface area contributed by atoms with Crippen molar-refractivity contribution in [2.45, 2.75) is 31.5 Å². The standard InChI is InChI=1S/C16H17F3N2O4S/c1-2-21(8-7-13(23)24)12(22)9-15(25,16(17,18)19)14-20-10-5-3-4-6-11(10)26-14/h3-6,25H,2,7-9H2,1H3,(H,23,24). The van der Waals surface area contributed by atoms with Crippen molar-refractivity contribution in [2.24, 2.45) is 0 Å². The molecule has 2 N–H and O–H groups in total. The van der Waals surface area contributed by atoms with Crippen LogP contribution in [0, 0.1) is 0 Å². The number of para-hydroxylation sites is 1. The molecule has 1 heterocycles. The molecule has 6 nitrogen and oxygen atoms in total. The second-order valence-corrected chi connectivity index (χ2v) is 6.67. The Morgan fingerprint density at radius 3 is 2.46 bits per heavy atom. The number of hydrogen-bond donors (Lipinski definition) is 2. The summed E-state index contributed by atoms with van der Waals surface area (Å²) >= 11 is 0.665. The largest absolute Gasteiger partial charge is 0.481 e. The lowest BCUT2D eigenvalue weighted by molar-refractivity contribution is -0.268. The van der Waals surface area contributed by atoms with Crippen LogP contribution in [0.3, 0.4) is 0 Å². The number of aliphatic carboxylic acids is 1. The lowest BCUT2D eigenvalue weighted by Gasteiger charge is -2.30. The number of carboxylic acid groups (broad SMARTS) is 1. The van der Waals surface area contributed by atoms with Crippen LogP contribution in [0.5, 0.6) is 0 Å². The average molecular weight is 390 g/mol. The van der Waals surface area contributed by atoms with Crippen molar-refractivity contribution in [3.8, 4) is 0 Å². The molecule has 0 bridgehead atoms. The number of aliphatic hydroxyl groups is 1. The third kappa shape index (κ3) is 4.13. The van der Waals surface area contributed by atoms with Crippen LogP contribution in [0.2, 0.25) is 0 Å². The Labute approximate surface area is 150 Å². The fourth-order valence-corrected chi connectivity index (χ4v) is 3.44. The first kappa shape index (κ1) is 20.1. The van der Waals surface area contributed by atoms with Gasteiger partial charge in [-0.2, -0.15) is 13.2 Å². The third-order valence-electron chi connectivity index (χ3n) is 3.85. The maximum absolute atomic E-state index is 13.6. The molecule has 0 spiro atoms. The predicted molar refractivity (Wildman–Crippen MR) is 88.7 cm³/mol. The normalized spacial score (nSPS) is 14.2. The van der Waals surface area contributed by atoms with Gasteiger partial charge in [-0.15, -0.1) is 11.3 Å². The number of carboxylic acids is 1. The zero-order valence-corrected chi connectivity index (χ0v) is 14.6. The summed E-state index contributed by atoms with van der Waals surface area (Å²) in [6.45, 7) is 1.31. The molecule has 2 rings (SSSR count). The van der Waals surface area contributed by atoms with Gasteiger partial charge in [-0.05, 0) is 19.1 Å². The van der Waals surface area contributed by atoms with Crippen LogP contribution in [0.15, 0.2) is 24.3 Å². The summed E-state index contributed by atoms with van der Waals surface area (Å²) in [5.41, 5.74) is -3.15. The fourth-order valence-electron chi connectivity index (χ4n) is 2.37. The first-order valence-electron chi connectivity index (χ1n) is 7.73. The summed E-state index contributed by atoms with van der Waals surface area (Å²) in [7, 11) is 0. The molecular formula is C16H17F3N2O4S. The molecule has 0 saturated carbocycles. The fraction of sp³-hybridized carbons (Fsp3) is 0.438. The van der Waals surface area contributed by atoms with E-state index in [1.165, 1.54) is 13.0 Å². The molecule has 0 saturated heterocycles. The highest BCUT2D eigenvalue weighted by atomic mass is 32.1. The summed E-state index contributed by atoms with van der Waals surface area (Å²) in [5.74, 6) is -2.17. The van der Waals surface area contributed by atoms with Gasteiger partial charge >= 0.3 is 12.1 Å². The van der Waals surface area contributed by atoms with E-state index in [4.69, 9.17) is 5.11 Å². The number of carbonyl (C=O) groups excluding carboxylic acids is 1. The third-order valence-corrected chi connectivity index (χ3v) is 5.04. The monoisotopic (exact) mass is 390 g/mol. The van der Waals surface area contributed by atoms with E-state index < -0.39 is 41.5 Å². The number of halogens is 3. The lowest BCUT2D eigenvalue weighted by Crippen LogP contribution is -2.47. The summed E-state index contributed by atoms with van der Waals surface area (Å²) in [5, 5.41) is 18.4. The number of aromatic nitrogens is 1. The van der Waals surface area contributed by atoms with Crippen LogP contribution in [-0.4, -0.2) is 51.2 Å². The van der Waals surface area contributed by atoms with E-state index in [9.17, 15) is 27.9 Å². The molecule has 2 aromatic rings. The van der Waals surface area contributed by atoms with Gasteiger partial charge in [0.1, 0.15) is 5.01 Å². The van der Waals surface area contributed by atoms with Gasteiger partial charge in [-0.3, -0.25) is 9.59 Å². The van der Waals surface area contributed by atoms with Crippen molar-refractivity contribution >= 4 is 33.4 Å². The predicted octanol–water partition coefficient (Wildman–Crippen LogP) is 2.76. The lowest BCUT2D eigenvalue weighted by atomic mass is 9.98. The number of benzene rings is 1. The number of thiazole rings is 1. The van der Waals surface area contributed by atoms with Crippen LogP contribution in [0.4, 0.5) is 13.2 Å². The Kier molecular flexibility index (Phi) is 5.87. The Balaban J connectivity index is 2.34. The van der Waals surface area contributed by atoms with E-state index in [1.54, 1.807) is 18.2 Å². The molecule has 1 aromatic carbocycles. The van der Waals surface area contributed by atoms with Crippen LogP contribution in [0.1, 0.15) is 24.8 Å². The van der Waals surface area contributed by atoms with Gasteiger partial charge in [0.2, 0.25) is 11.5 Å². The number of carbonyl (C=O) groups is 2. The van der Waals surface area contributed by atoms with Crippen LogP contribution in [0.25, 0.3) is 10.2 Å². The van der Waals surface area contributed by atoms with E-state index in [0.29, 0.717) is 21.6 Å². The minimum atomic E-state index is -5.12. The summed E-state index contributed by atoms with van der Waals surface area (Å²) in [6, 6.07) is 6.32. The Hall–Kier alpha value is -2.20. The van der Waals surface area contributed by atoms with Crippen molar-refractivity contribution in [1.82, 2.24) is 9.88 Å². The molecule has 1 amide bonds. The Morgan fingerprint density at radius 2 is 1.92 bits per heavy atom. The zero-order valence-electron chi connectivity index (χ0n) is 13.8. The number of amides is 1.